The summed E-state index contributed by atoms with van der Waals surface area (Å²) in [4.78, 5) is 0. The van der Waals surface area contributed by atoms with Crippen LogP contribution in [-0.2, 0) is 4.74 Å². The summed E-state index contributed by atoms with van der Waals surface area (Å²) in [6, 6.07) is 3.29. The summed E-state index contributed by atoms with van der Waals surface area (Å²) in [6.45, 7) is 7.30. The summed E-state index contributed by atoms with van der Waals surface area (Å²) in [7, 11) is -1.51. The molecule has 2 heterocycles. The molecule has 2 aromatic rings. The first-order valence-electron chi connectivity index (χ1n) is 7.87. The highest BCUT2D eigenvalue weighted by atomic mass is 79.9. The summed E-state index contributed by atoms with van der Waals surface area (Å²) in [6.07, 6.45) is 2.93. The zero-order valence-electron chi connectivity index (χ0n) is 13.6. The van der Waals surface area contributed by atoms with E-state index in [1.807, 2.05) is 0 Å². The summed E-state index contributed by atoms with van der Waals surface area (Å²) in [5.41, 5.74) is 4.80. The molecule has 1 fully saturated rings. The Morgan fingerprint density at radius 2 is 2.13 bits per heavy atom. The molecular weight excluding hydrogens is 375 g/mol. The first-order valence-corrected chi connectivity index (χ1v) is 12.2. The number of nitrogens with zero attached hydrogens (tertiary/aromatic N) is 2. The van der Waals surface area contributed by atoms with E-state index in [-0.39, 0.29) is 12.0 Å². The van der Waals surface area contributed by atoms with Crippen molar-refractivity contribution in [2.75, 3.05) is 6.61 Å². The van der Waals surface area contributed by atoms with Gasteiger partial charge < -0.3 is 4.74 Å². The van der Waals surface area contributed by atoms with E-state index >= 15 is 0 Å². The predicted molar refractivity (Wildman–Crippen MR) is 96.5 cm³/mol. The van der Waals surface area contributed by atoms with Gasteiger partial charge in [0.25, 0.3) is 0 Å². The second kappa shape index (κ2) is 6.38. The van der Waals surface area contributed by atoms with Crippen molar-refractivity contribution in [2.45, 2.75) is 45.1 Å². The molecule has 122 valence electrons. The molecule has 0 bridgehead atoms. The Kier molecular flexibility index (Phi) is 4.63. The molecule has 1 saturated heterocycles. The average Bonchev–Trinajstić information content (AvgIpc) is 2.84. The van der Waals surface area contributed by atoms with Crippen LogP contribution in [0.25, 0.3) is 10.9 Å². The molecule has 3 nitrogen and oxygen atoms in total. The third kappa shape index (κ3) is 3.68. The largest absolute Gasteiger partial charge is 0.356 e. The molecule has 0 spiro atoms. The van der Waals surface area contributed by atoms with Crippen molar-refractivity contribution < 1.29 is 9.13 Å². The van der Waals surface area contributed by atoms with Crippen molar-refractivity contribution >= 4 is 34.9 Å². The molecule has 0 N–H and O–H groups in total. The highest BCUT2D eigenvalue weighted by Gasteiger charge is 2.22. The van der Waals surface area contributed by atoms with Crippen molar-refractivity contribution in [3.8, 4) is 11.5 Å². The molecule has 1 aliphatic heterocycles. The van der Waals surface area contributed by atoms with E-state index in [4.69, 9.17) is 4.74 Å². The number of rotatable bonds is 1. The average molecular weight is 395 g/mol. The molecule has 1 aliphatic rings. The minimum absolute atomic E-state index is 0.130. The first kappa shape index (κ1) is 16.7. The fourth-order valence-corrected chi connectivity index (χ4v) is 3.44. The van der Waals surface area contributed by atoms with Gasteiger partial charge in [-0.2, -0.15) is 5.10 Å². The highest BCUT2D eigenvalue weighted by molar-refractivity contribution is 9.10. The van der Waals surface area contributed by atoms with Crippen LogP contribution >= 0.6 is 15.9 Å². The van der Waals surface area contributed by atoms with Crippen LogP contribution in [0.1, 0.15) is 31.2 Å². The monoisotopic (exact) mass is 394 g/mol. The smallest absolute Gasteiger partial charge is 0.150 e. The van der Waals surface area contributed by atoms with Crippen LogP contribution < -0.4 is 0 Å². The van der Waals surface area contributed by atoms with E-state index in [9.17, 15) is 4.39 Å². The molecule has 1 atom stereocenters. The molecule has 6 heteroatoms. The van der Waals surface area contributed by atoms with E-state index in [1.54, 1.807) is 10.7 Å². The molecule has 0 radical (unpaired) electrons. The van der Waals surface area contributed by atoms with Gasteiger partial charge >= 0.3 is 0 Å². The molecule has 1 aromatic carbocycles. The summed E-state index contributed by atoms with van der Waals surface area (Å²) < 4.78 is 22.1. The van der Waals surface area contributed by atoms with Gasteiger partial charge in [-0.05, 0) is 41.3 Å². The van der Waals surface area contributed by atoms with E-state index in [1.165, 1.54) is 6.07 Å². The second-order valence-electron chi connectivity index (χ2n) is 6.90. The number of ether oxygens (including phenoxy) is 1. The number of hydrogen-bond donors (Lipinski definition) is 0. The van der Waals surface area contributed by atoms with Gasteiger partial charge in [0.1, 0.15) is 19.6 Å². The Morgan fingerprint density at radius 3 is 2.78 bits per heavy atom. The van der Waals surface area contributed by atoms with Crippen molar-refractivity contribution in [1.82, 2.24) is 9.78 Å². The Bertz CT molecular complexity index is 795. The summed E-state index contributed by atoms with van der Waals surface area (Å²) in [5, 5.41) is 5.52. The molecule has 3 rings (SSSR count). The van der Waals surface area contributed by atoms with Crippen LogP contribution in [0.3, 0.4) is 0 Å². The Labute approximate surface area is 145 Å². The number of aromatic nitrogens is 2. The third-order valence-corrected chi connectivity index (χ3v) is 5.22. The third-order valence-electron chi connectivity index (χ3n) is 3.73. The standard InChI is InChI=1S/C17H20BrFN2OSi/c1-23(2,3)9-7-15-12-10-13(18)14(19)11-16(12)21(20-15)17-6-4-5-8-22-17/h10-11,17H,4-6,8H2,1-3H3. The lowest BCUT2D eigenvalue weighted by Gasteiger charge is -2.23. The van der Waals surface area contributed by atoms with E-state index in [0.29, 0.717) is 10.2 Å². The molecule has 1 unspecified atom stereocenters. The Balaban J connectivity index is 2.15. The van der Waals surface area contributed by atoms with E-state index in [0.717, 1.165) is 36.8 Å². The summed E-state index contributed by atoms with van der Waals surface area (Å²) >= 11 is 3.26. The Morgan fingerprint density at radius 1 is 1.35 bits per heavy atom. The molecule has 0 saturated carbocycles. The lowest BCUT2D eigenvalue weighted by molar-refractivity contribution is -0.0367. The predicted octanol–water partition coefficient (Wildman–Crippen LogP) is 4.87. The van der Waals surface area contributed by atoms with Gasteiger partial charge in [-0.3, -0.25) is 0 Å². The van der Waals surface area contributed by atoms with Gasteiger partial charge in [-0.1, -0.05) is 25.6 Å². The maximum Gasteiger partial charge on any atom is 0.150 e. The van der Waals surface area contributed by atoms with Crippen molar-refractivity contribution in [2.24, 2.45) is 0 Å². The van der Waals surface area contributed by atoms with Gasteiger partial charge in [0.2, 0.25) is 0 Å². The lowest BCUT2D eigenvalue weighted by Crippen LogP contribution is -2.19. The number of halogens is 2. The fraction of sp³-hybridized carbons (Fsp3) is 0.471. The molecule has 1 aromatic heterocycles. The van der Waals surface area contributed by atoms with E-state index < -0.39 is 8.07 Å². The second-order valence-corrected chi connectivity index (χ2v) is 12.5. The van der Waals surface area contributed by atoms with Crippen molar-refractivity contribution in [3.63, 3.8) is 0 Å². The van der Waals surface area contributed by atoms with Crippen LogP contribution in [0.4, 0.5) is 4.39 Å². The first-order chi connectivity index (χ1) is 10.8. The SMILES string of the molecule is C[Si](C)(C)C#Cc1nn(C2CCCCO2)c2cc(F)c(Br)cc12. The van der Waals surface area contributed by atoms with Crippen molar-refractivity contribution in [1.29, 1.82) is 0 Å². The van der Waals surface area contributed by atoms with Gasteiger partial charge in [0.15, 0.2) is 6.23 Å². The van der Waals surface area contributed by atoms with Crippen LogP contribution in [0, 0.1) is 17.3 Å². The van der Waals surface area contributed by atoms with Gasteiger partial charge in [-0.25, -0.2) is 9.07 Å². The number of fused-ring (bicyclic) bond motifs is 1. The lowest BCUT2D eigenvalue weighted by atomic mass is 10.1. The van der Waals surface area contributed by atoms with Crippen LogP contribution in [0.2, 0.25) is 19.6 Å². The molecule has 23 heavy (non-hydrogen) atoms. The van der Waals surface area contributed by atoms with Crippen LogP contribution in [0.5, 0.6) is 0 Å². The topological polar surface area (TPSA) is 27.1 Å². The minimum Gasteiger partial charge on any atom is -0.356 e. The zero-order valence-corrected chi connectivity index (χ0v) is 16.2. The number of benzene rings is 1. The minimum atomic E-state index is -1.51. The summed E-state index contributed by atoms with van der Waals surface area (Å²) in [5.74, 6) is 2.92. The number of hydrogen-bond acceptors (Lipinski definition) is 2. The fourth-order valence-electron chi connectivity index (χ4n) is 2.61. The van der Waals surface area contributed by atoms with Crippen LogP contribution in [-0.4, -0.2) is 24.5 Å². The van der Waals surface area contributed by atoms with Gasteiger partial charge in [0, 0.05) is 18.1 Å². The normalized spacial score (nSPS) is 18.7. The van der Waals surface area contributed by atoms with Gasteiger partial charge in [-0.15, -0.1) is 5.54 Å². The Hall–Kier alpha value is -1.16. The maximum absolute atomic E-state index is 14.0. The van der Waals surface area contributed by atoms with Crippen molar-refractivity contribution in [3.05, 3.63) is 28.1 Å². The quantitative estimate of drug-likeness (QED) is 0.509. The molecular formula is C17H20BrFN2OSi. The van der Waals surface area contributed by atoms with E-state index in [2.05, 4.69) is 52.1 Å². The zero-order chi connectivity index (χ0) is 16.6. The molecule has 0 aliphatic carbocycles. The maximum atomic E-state index is 14.0. The highest BCUT2D eigenvalue weighted by Crippen LogP contribution is 2.31. The van der Waals surface area contributed by atoms with Gasteiger partial charge in [0.05, 0.1) is 9.99 Å². The molecule has 0 amide bonds. The van der Waals surface area contributed by atoms with Crippen LogP contribution in [0.15, 0.2) is 16.6 Å².